The highest BCUT2D eigenvalue weighted by Crippen LogP contribution is 2.32. The summed E-state index contributed by atoms with van der Waals surface area (Å²) in [5.74, 6) is 0.761. The molecule has 4 nitrogen and oxygen atoms in total. The first-order chi connectivity index (χ1) is 8.46. The Morgan fingerprint density at radius 3 is 2.83 bits per heavy atom. The number of fused-ring (bicyclic) bond motifs is 1. The highest BCUT2D eigenvalue weighted by Gasteiger charge is 2.39. The molecule has 0 aromatic heterocycles. The van der Waals surface area contributed by atoms with Gasteiger partial charge in [-0.15, -0.1) is 0 Å². The van der Waals surface area contributed by atoms with Gasteiger partial charge in [-0.1, -0.05) is 19.6 Å². The van der Waals surface area contributed by atoms with Gasteiger partial charge in [0, 0.05) is 20.2 Å². The van der Waals surface area contributed by atoms with Crippen molar-refractivity contribution in [3.8, 4) is 0 Å². The summed E-state index contributed by atoms with van der Waals surface area (Å²) in [6.07, 6.45) is 3.35. The molecular formula is C13H26N2O2Si. The van der Waals surface area contributed by atoms with Crippen molar-refractivity contribution in [1.82, 2.24) is 10.6 Å². The monoisotopic (exact) mass is 270 g/mol. The first kappa shape index (κ1) is 13.9. The molecule has 1 aliphatic carbocycles. The molecule has 2 N–H and O–H groups in total. The van der Waals surface area contributed by atoms with Crippen molar-refractivity contribution in [1.29, 1.82) is 0 Å². The van der Waals surface area contributed by atoms with Gasteiger partial charge >= 0.3 is 6.09 Å². The Morgan fingerprint density at radius 1 is 1.33 bits per heavy atom. The average Bonchev–Trinajstić information content (AvgIpc) is 2.81. The molecule has 18 heavy (non-hydrogen) atoms. The predicted octanol–water partition coefficient (Wildman–Crippen LogP) is 2.19. The number of carbonyl (C=O) groups is 1. The van der Waals surface area contributed by atoms with Gasteiger partial charge in [0.15, 0.2) is 0 Å². The van der Waals surface area contributed by atoms with Crippen LogP contribution in [0.25, 0.3) is 0 Å². The molecule has 1 saturated carbocycles. The van der Waals surface area contributed by atoms with Gasteiger partial charge in [-0.3, -0.25) is 0 Å². The van der Waals surface area contributed by atoms with E-state index in [0.717, 1.165) is 24.9 Å². The molecule has 0 aromatic carbocycles. The van der Waals surface area contributed by atoms with E-state index in [4.69, 9.17) is 4.74 Å². The predicted molar refractivity (Wildman–Crippen MR) is 75.6 cm³/mol. The molecule has 0 spiro atoms. The summed E-state index contributed by atoms with van der Waals surface area (Å²) in [7, 11) is -1.11. The van der Waals surface area contributed by atoms with E-state index in [1.807, 2.05) is 0 Å². The van der Waals surface area contributed by atoms with E-state index in [9.17, 15) is 4.79 Å². The minimum absolute atomic E-state index is 0.229. The Balaban J connectivity index is 1.68. The number of carbonyl (C=O) groups excluding carboxylic acids is 1. The lowest BCUT2D eigenvalue weighted by Gasteiger charge is -2.21. The molecule has 0 radical (unpaired) electrons. The third-order valence-corrected chi connectivity index (χ3v) is 5.78. The molecule has 5 heteroatoms. The van der Waals surface area contributed by atoms with Crippen LogP contribution in [0.4, 0.5) is 4.79 Å². The molecular weight excluding hydrogens is 244 g/mol. The van der Waals surface area contributed by atoms with Crippen LogP contribution < -0.4 is 10.6 Å². The second kappa shape index (κ2) is 5.61. The molecule has 1 saturated heterocycles. The molecule has 1 heterocycles. The van der Waals surface area contributed by atoms with Crippen molar-refractivity contribution in [3.05, 3.63) is 0 Å². The van der Waals surface area contributed by atoms with Gasteiger partial charge < -0.3 is 15.4 Å². The van der Waals surface area contributed by atoms with E-state index in [-0.39, 0.29) is 12.1 Å². The van der Waals surface area contributed by atoms with E-state index in [0.29, 0.717) is 12.6 Å². The van der Waals surface area contributed by atoms with Crippen LogP contribution in [0, 0.1) is 5.92 Å². The number of hydrogen-bond acceptors (Lipinski definition) is 3. The molecule has 3 atom stereocenters. The zero-order valence-electron chi connectivity index (χ0n) is 11.8. The molecule has 2 rings (SSSR count). The molecule has 0 aromatic rings. The fraction of sp³-hybridized carbons (Fsp3) is 0.923. The average molecular weight is 270 g/mol. The molecule has 0 unspecified atom stereocenters. The second-order valence-corrected chi connectivity index (χ2v) is 12.4. The Kier molecular flexibility index (Phi) is 4.32. The first-order valence-electron chi connectivity index (χ1n) is 7.12. The Bertz CT molecular complexity index is 304. The highest BCUT2D eigenvalue weighted by molar-refractivity contribution is 6.76. The zero-order chi connectivity index (χ0) is 13.2. The fourth-order valence-corrected chi connectivity index (χ4v) is 3.67. The lowest BCUT2D eigenvalue weighted by atomic mass is 10.0. The third-order valence-electron chi connectivity index (χ3n) is 4.07. The van der Waals surface area contributed by atoms with Crippen LogP contribution in [0.5, 0.6) is 0 Å². The van der Waals surface area contributed by atoms with Crippen molar-refractivity contribution in [2.75, 3.05) is 13.2 Å². The van der Waals surface area contributed by atoms with Crippen LogP contribution in [0.1, 0.15) is 19.3 Å². The van der Waals surface area contributed by atoms with Crippen LogP contribution >= 0.6 is 0 Å². The van der Waals surface area contributed by atoms with Gasteiger partial charge in [-0.2, -0.15) is 0 Å². The van der Waals surface area contributed by atoms with Gasteiger partial charge in [0.1, 0.15) is 0 Å². The summed E-state index contributed by atoms with van der Waals surface area (Å²) in [5.41, 5.74) is 0. The summed E-state index contributed by atoms with van der Waals surface area (Å²) >= 11 is 0. The van der Waals surface area contributed by atoms with E-state index in [2.05, 4.69) is 30.3 Å². The highest BCUT2D eigenvalue weighted by atomic mass is 28.3. The van der Waals surface area contributed by atoms with E-state index >= 15 is 0 Å². The number of alkyl carbamates (subject to hydrolysis) is 1. The Labute approximate surface area is 111 Å². The van der Waals surface area contributed by atoms with Crippen LogP contribution in [0.2, 0.25) is 25.7 Å². The Morgan fingerprint density at radius 2 is 2.11 bits per heavy atom. The van der Waals surface area contributed by atoms with Gasteiger partial charge in [-0.05, 0) is 37.8 Å². The van der Waals surface area contributed by atoms with Gasteiger partial charge in [0.2, 0.25) is 0 Å². The molecule has 1 amide bonds. The topological polar surface area (TPSA) is 50.4 Å². The summed E-state index contributed by atoms with van der Waals surface area (Å²) in [6.45, 7) is 8.53. The number of nitrogens with one attached hydrogen (secondary N) is 2. The number of rotatable bonds is 4. The maximum Gasteiger partial charge on any atom is 0.407 e. The van der Waals surface area contributed by atoms with Crippen molar-refractivity contribution in [2.45, 2.75) is 57.0 Å². The Hall–Kier alpha value is -0.553. The standard InChI is InChI=1S/C13H26N2O2Si/c1-18(2,3)9-8-17-13(16)15-11-5-4-10-6-7-14-12(10)11/h10-12,14H,4-9H2,1-3H3,(H,15,16)/t10-,11+,12+/m1/s1. The van der Waals surface area contributed by atoms with Crippen molar-refractivity contribution in [3.63, 3.8) is 0 Å². The third kappa shape index (κ3) is 3.72. The number of ether oxygens (including phenoxy) is 1. The van der Waals surface area contributed by atoms with Crippen LogP contribution in [-0.2, 0) is 4.74 Å². The van der Waals surface area contributed by atoms with E-state index < -0.39 is 8.07 Å². The fourth-order valence-electron chi connectivity index (χ4n) is 2.95. The number of amides is 1. The molecule has 2 fully saturated rings. The lowest BCUT2D eigenvalue weighted by molar-refractivity contribution is 0.146. The van der Waals surface area contributed by atoms with Gasteiger partial charge in [-0.25, -0.2) is 4.79 Å². The largest absolute Gasteiger partial charge is 0.450 e. The van der Waals surface area contributed by atoms with E-state index in [1.54, 1.807) is 0 Å². The van der Waals surface area contributed by atoms with Crippen LogP contribution in [0.3, 0.4) is 0 Å². The smallest absolute Gasteiger partial charge is 0.407 e. The van der Waals surface area contributed by atoms with Gasteiger partial charge in [0.25, 0.3) is 0 Å². The minimum Gasteiger partial charge on any atom is -0.450 e. The molecule has 1 aliphatic heterocycles. The quantitative estimate of drug-likeness (QED) is 0.770. The van der Waals surface area contributed by atoms with Crippen molar-refractivity contribution in [2.24, 2.45) is 5.92 Å². The maximum atomic E-state index is 11.7. The lowest BCUT2D eigenvalue weighted by Crippen LogP contribution is -2.46. The second-order valence-electron chi connectivity index (χ2n) is 6.80. The summed E-state index contributed by atoms with van der Waals surface area (Å²) in [4.78, 5) is 11.7. The van der Waals surface area contributed by atoms with Gasteiger partial charge in [0.05, 0.1) is 6.61 Å². The zero-order valence-corrected chi connectivity index (χ0v) is 12.8. The molecule has 2 aliphatic rings. The van der Waals surface area contributed by atoms with Crippen molar-refractivity contribution >= 4 is 14.2 Å². The first-order valence-corrected chi connectivity index (χ1v) is 10.8. The van der Waals surface area contributed by atoms with E-state index in [1.165, 1.54) is 12.8 Å². The van der Waals surface area contributed by atoms with Crippen LogP contribution in [0.15, 0.2) is 0 Å². The summed E-state index contributed by atoms with van der Waals surface area (Å²) in [5, 5.41) is 6.52. The minimum atomic E-state index is -1.11. The van der Waals surface area contributed by atoms with Crippen LogP contribution in [-0.4, -0.2) is 39.4 Å². The number of hydrogen-bond donors (Lipinski definition) is 2. The normalized spacial score (nSPS) is 31.2. The maximum absolute atomic E-state index is 11.7. The molecule has 0 bridgehead atoms. The van der Waals surface area contributed by atoms with Crippen molar-refractivity contribution < 1.29 is 9.53 Å². The molecule has 104 valence electrons. The SMILES string of the molecule is C[Si](C)(C)CCOC(=O)N[C@H]1CC[C@@H]2CCN[C@@H]21. The summed E-state index contributed by atoms with van der Waals surface area (Å²) in [6, 6.07) is 1.79. The summed E-state index contributed by atoms with van der Waals surface area (Å²) < 4.78 is 5.29.